The van der Waals surface area contributed by atoms with Crippen LogP contribution in [0.2, 0.25) is 0 Å². The Balaban J connectivity index is 2.19. The van der Waals surface area contributed by atoms with Crippen molar-refractivity contribution in [3.05, 3.63) is 52.0 Å². The van der Waals surface area contributed by atoms with Crippen molar-refractivity contribution in [3.8, 4) is 0 Å². The van der Waals surface area contributed by atoms with Crippen molar-refractivity contribution in [2.75, 3.05) is 6.54 Å². The lowest BCUT2D eigenvalue weighted by atomic mass is 10.0. The summed E-state index contributed by atoms with van der Waals surface area (Å²) < 4.78 is 0. The molecule has 2 aromatic rings. The van der Waals surface area contributed by atoms with E-state index in [4.69, 9.17) is 5.53 Å². The molecule has 6 heteroatoms. The smallest absolute Gasteiger partial charge is 0.105 e. The van der Waals surface area contributed by atoms with Gasteiger partial charge in [0.05, 0.1) is 11.6 Å². The Hall–Kier alpha value is -2.14. The van der Waals surface area contributed by atoms with Crippen LogP contribution in [0.4, 0.5) is 0 Å². The average Bonchev–Trinajstić information content (AvgIpc) is 2.46. The molecule has 2 rings (SSSR count). The summed E-state index contributed by atoms with van der Waals surface area (Å²) in [6.07, 6.45) is -1.75. The average molecular weight is 272 g/mol. The molecule has 0 spiro atoms. The molecule has 0 bridgehead atoms. The molecule has 6 nitrogen and oxygen atoms in total. The number of aliphatic hydroxyl groups excluding tert-OH is 2. The van der Waals surface area contributed by atoms with Crippen LogP contribution < -0.4 is 0 Å². The molecule has 0 aliphatic heterocycles. The van der Waals surface area contributed by atoms with Crippen molar-refractivity contribution in [2.24, 2.45) is 5.11 Å². The molecule has 1 aromatic heterocycles. The zero-order valence-electron chi connectivity index (χ0n) is 11.1. The van der Waals surface area contributed by atoms with E-state index in [1.165, 1.54) is 0 Å². The van der Waals surface area contributed by atoms with Crippen LogP contribution in [0.25, 0.3) is 21.3 Å². The highest BCUT2D eigenvalue weighted by Crippen LogP contribution is 2.23. The van der Waals surface area contributed by atoms with Gasteiger partial charge in [0.2, 0.25) is 0 Å². The number of aryl methyl sites for hydroxylation is 1. The minimum absolute atomic E-state index is 0.156. The van der Waals surface area contributed by atoms with Gasteiger partial charge in [0.15, 0.2) is 0 Å². The molecule has 0 saturated carbocycles. The SMILES string of the molecule is Cc1ccc2cc(C(O)C(O)CCN=[N+]=[N-])ccc2n1. The fraction of sp³-hybridized carbons (Fsp3) is 0.357. The van der Waals surface area contributed by atoms with Crippen LogP contribution in [0.3, 0.4) is 0 Å². The number of fused-ring (bicyclic) bond motifs is 1. The highest BCUT2D eigenvalue weighted by Gasteiger charge is 2.18. The van der Waals surface area contributed by atoms with E-state index in [9.17, 15) is 10.2 Å². The summed E-state index contributed by atoms with van der Waals surface area (Å²) in [6, 6.07) is 9.21. The van der Waals surface area contributed by atoms with E-state index in [2.05, 4.69) is 15.0 Å². The monoisotopic (exact) mass is 272 g/mol. The Morgan fingerprint density at radius 3 is 2.85 bits per heavy atom. The molecule has 0 radical (unpaired) electrons. The first kappa shape index (κ1) is 14.3. The van der Waals surface area contributed by atoms with Gasteiger partial charge in [0.25, 0.3) is 0 Å². The highest BCUT2D eigenvalue weighted by molar-refractivity contribution is 5.79. The fourth-order valence-electron chi connectivity index (χ4n) is 2.04. The van der Waals surface area contributed by atoms with Gasteiger partial charge in [0, 0.05) is 22.5 Å². The summed E-state index contributed by atoms with van der Waals surface area (Å²) in [5.74, 6) is 0. The van der Waals surface area contributed by atoms with E-state index in [0.29, 0.717) is 5.56 Å². The van der Waals surface area contributed by atoms with Crippen molar-refractivity contribution in [1.29, 1.82) is 0 Å². The third-order valence-corrected chi connectivity index (χ3v) is 3.15. The molecule has 0 fully saturated rings. The van der Waals surface area contributed by atoms with Gasteiger partial charge in [-0.2, -0.15) is 0 Å². The number of rotatable bonds is 5. The van der Waals surface area contributed by atoms with Gasteiger partial charge in [-0.3, -0.25) is 4.98 Å². The Bertz CT molecular complexity index is 653. The van der Waals surface area contributed by atoms with Crippen molar-refractivity contribution >= 4 is 10.9 Å². The minimum atomic E-state index is -1.01. The number of pyridine rings is 1. The minimum Gasteiger partial charge on any atom is -0.390 e. The second-order valence-electron chi connectivity index (χ2n) is 4.66. The van der Waals surface area contributed by atoms with E-state index >= 15 is 0 Å². The summed E-state index contributed by atoms with van der Waals surface area (Å²) in [5.41, 5.74) is 10.6. The van der Waals surface area contributed by atoms with Crippen LogP contribution in [0, 0.1) is 6.92 Å². The summed E-state index contributed by atoms with van der Waals surface area (Å²) in [7, 11) is 0. The molecule has 0 saturated heterocycles. The van der Waals surface area contributed by atoms with Gasteiger partial charge >= 0.3 is 0 Å². The van der Waals surface area contributed by atoms with Gasteiger partial charge < -0.3 is 10.2 Å². The van der Waals surface area contributed by atoms with Crippen LogP contribution >= 0.6 is 0 Å². The van der Waals surface area contributed by atoms with E-state index in [1.807, 2.05) is 31.2 Å². The van der Waals surface area contributed by atoms with Gasteiger partial charge in [0.1, 0.15) is 6.10 Å². The molecular formula is C14H16N4O2. The summed E-state index contributed by atoms with van der Waals surface area (Å²) in [4.78, 5) is 7.00. The lowest BCUT2D eigenvalue weighted by Gasteiger charge is -2.17. The van der Waals surface area contributed by atoms with Gasteiger partial charge in [-0.25, -0.2) is 0 Å². The number of azide groups is 1. The largest absolute Gasteiger partial charge is 0.390 e. The highest BCUT2D eigenvalue weighted by atomic mass is 16.3. The molecule has 104 valence electrons. The number of benzene rings is 1. The molecule has 20 heavy (non-hydrogen) atoms. The molecule has 1 aromatic carbocycles. The van der Waals surface area contributed by atoms with Crippen LogP contribution in [0.15, 0.2) is 35.4 Å². The van der Waals surface area contributed by atoms with E-state index < -0.39 is 12.2 Å². The Labute approximate surface area is 116 Å². The Morgan fingerprint density at radius 2 is 2.10 bits per heavy atom. The van der Waals surface area contributed by atoms with Crippen LogP contribution in [-0.4, -0.2) is 27.8 Å². The second-order valence-corrected chi connectivity index (χ2v) is 4.66. The molecular weight excluding hydrogens is 256 g/mol. The fourth-order valence-corrected chi connectivity index (χ4v) is 2.04. The van der Waals surface area contributed by atoms with Crippen LogP contribution in [0.1, 0.15) is 23.8 Å². The Kier molecular flexibility index (Phi) is 4.53. The quantitative estimate of drug-likeness (QED) is 0.496. The molecule has 0 aliphatic carbocycles. The molecule has 0 aliphatic rings. The molecule has 2 atom stereocenters. The predicted molar refractivity (Wildman–Crippen MR) is 76.1 cm³/mol. The number of nitrogens with zero attached hydrogens (tertiary/aromatic N) is 4. The predicted octanol–water partition coefficient (Wildman–Crippen LogP) is 2.64. The zero-order chi connectivity index (χ0) is 14.5. The van der Waals surface area contributed by atoms with Crippen molar-refractivity contribution in [1.82, 2.24) is 4.98 Å². The number of hydrogen-bond donors (Lipinski definition) is 2. The van der Waals surface area contributed by atoms with E-state index in [1.54, 1.807) is 6.07 Å². The topological polar surface area (TPSA) is 102 Å². The third kappa shape index (κ3) is 3.24. The van der Waals surface area contributed by atoms with Crippen LogP contribution in [0.5, 0.6) is 0 Å². The van der Waals surface area contributed by atoms with Gasteiger partial charge in [-0.05, 0) is 42.6 Å². The second kappa shape index (κ2) is 6.34. The van der Waals surface area contributed by atoms with Gasteiger partial charge in [-0.15, -0.1) is 0 Å². The maximum atomic E-state index is 10.1. The van der Waals surface area contributed by atoms with Crippen molar-refractivity contribution < 1.29 is 10.2 Å². The molecule has 0 amide bonds. The normalized spacial score (nSPS) is 13.8. The van der Waals surface area contributed by atoms with Crippen LogP contribution in [-0.2, 0) is 0 Å². The first-order valence-corrected chi connectivity index (χ1v) is 6.36. The summed E-state index contributed by atoms with van der Waals surface area (Å²) in [5, 5.41) is 24.2. The molecule has 2 N–H and O–H groups in total. The maximum absolute atomic E-state index is 10.1. The van der Waals surface area contributed by atoms with E-state index in [0.717, 1.165) is 16.6 Å². The maximum Gasteiger partial charge on any atom is 0.105 e. The summed E-state index contributed by atoms with van der Waals surface area (Å²) in [6.45, 7) is 2.07. The number of hydrogen-bond acceptors (Lipinski definition) is 4. The van der Waals surface area contributed by atoms with Gasteiger partial charge in [-0.1, -0.05) is 17.2 Å². The third-order valence-electron chi connectivity index (χ3n) is 3.15. The zero-order valence-corrected chi connectivity index (χ0v) is 11.1. The summed E-state index contributed by atoms with van der Waals surface area (Å²) >= 11 is 0. The standard InChI is InChI=1S/C14H16N4O2/c1-9-2-3-10-8-11(4-5-12(10)17-9)14(20)13(19)6-7-16-18-15/h2-5,8,13-14,19-20H,6-7H2,1H3. The number of aromatic nitrogens is 1. The van der Waals surface area contributed by atoms with Crippen molar-refractivity contribution in [3.63, 3.8) is 0 Å². The van der Waals surface area contributed by atoms with Crippen molar-refractivity contribution in [2.45, 2.75) is 25.6 Å². The lowest BCUT2D eigenvalue weighted by molar-refractivity contribution is 0.0151. The lowest BCUT2D eigenvalue weighted by Crippen LogP contribution is -2.19. The van der Waals surface area contributed by atoms with E-state index in [-0.39, 0.29) is 13.0 Å². The first-order valence-electron chi connectivity index (χ1n) is 6.36. The Morgan fingerprint density at radius 1 is 1.30 bits per heavy atom. The number of aliphatic hydroxyl groups is 2. The molecule has 1 heterocycles. The first-order chi connectivity index (χ1) is 9.61. The molecule has 2 unspecified atom stereocenters.